The maximum Gasteiger partial charge on any atom is 0.322 e. The monoisotopic (exact) mass is 289 g/mol. The van der Waals surface area contributed by atoms with Gasteiger partial charge in [-0.3, -0.25) is 19.7 Å². The number of aryl methyl sites for hydroxylation is 1. The molecule has 8 heteroatoms. The number of nitro groups is 1. The molecule has 1 heterocycles. The Labute approximate surface area is 118 Å². The molecule has 1 aromatic carbocycles. The van der Waals surface area contributed by atoms with Crippen molar-refractivity contribution < 1.29 is 19.6 Å². The molecule has 0 aliphatic heterocycles. The van der Waals surface area contributed by atoms with Crippen molar-refractivity contribution in [2.45, 2.75) is 6.92 Å². The minimum Gasteiger partial charge on any atom is -0.480 e. The third-order valence-corrected chi connectivity index (χ3v) is 2.79. The van der Waals surface area contributed by atoms with Gasteiger partial charge in [0.15, 0.2) is 0 Å². The van der Waals surface area contributed by atoms with E-state index in [9.17, 15) is 19.7 Å². The standard InChI is InChI=1S/C13H11N3O5/c1-7-5-9-8(3-2-4-10(9)16(20)21)12(15-7)13(19)14-6-11(17)18/h2-5H,6H2,1H3,(H,14,19)(H,17,18). The normalized spacial score (nSPS) is 10.3. The number of hydrogen-bond donors (Lipinski definition) is 2. The topological polar surface area (TPSA) is 122 Å². The van der Waals surface area contributed by atoms with Crippen molar-refractivity contribution in [1.29, 1.82) is 0 Å². The number of aromatic nitrogens is 1. The SMILES string of the molecule is Cc1cc2c([N+](=O)[O-])cccc2c(C(=O)NCC(=O)O)n1. The molecule has 0 unspecified atom stereocenters. The summed E-state index contributed by atoms with van der Waals surface area (Å²) in [4.78, 5) is 37.0. The minimum absolute atomic E-state index is 0.0325. The summed E-state index contributed by atoms with van der Waals surface area (Å²) in [5.41, 5.74) is 0.262. The van der Waals surface area contributed by atoms with Crippen LogP contribution in [0.3, 0.4) is 0 Å². The third kappa shape index (κ3) is 2.94. The molecule has 0 bridgehead atoms. The smallest absolute Gasteiger partial charge is 0.322 e. The number of aliphatic carboxylic acids is 1. The lowest BCUT2D eigenvalue weighted by Gasteiger charge is -2.07. The van der Waals surface area contributed by atoms with Crippen molar-refractivity contribution in [3.8, 4) is 0 Å². The van der Waals surface area contributed by atoms with E-state index in [1.165, 1.54) is 24.3 Å². The van der Waals surface area contributed by atoms with E-state index < -0.39 is 23.3 Å². The van der Waals surface area contributed by atoms with E-state index in [-0.39, 0.29) is 16.8 Å². The largest absolute Gasteiger partial charge is 0.480 e. The van der Waals surface area contributed by atoms with Crippen molar-refractivity contribution in [3.05, 3.63) is 45.8 Å². The zero-order chi connectivity index (χ0) is 15.6. The van der Waals surface area contributed by atoms with Gasteiger partial charge in [0.25, 0.3) is 11.6 Å². The van der Waals surface area contributed by atoms with Gasteiger partial charge in [0.1, 0.15) is 12.2 Å². The highest BCUT2D eigenvalue weighted by Gasteiger charge is 2.19. The van der Waals surface area contributed by atoms with Crippen LogP contribution in [0.15, 0.2) is 24.3 Å². The number of carbonyl (C=O) groups excluding carboxylic acids is 1. The molecule has 0 saturated carbocycles. The van der Waals surface area contributed by atoms with Gasteiger partial charge in [-0.2, -0.15) is 0 Å². The Morgan fingerprint density at radius 2 is 2.10 bits per heavy atom. The fourth-order valence-corrected chi connectivity index (χ4v) is 1.96. The molecule has 0 spiro atoms. The first-order valence-electron chi connectivity index (χ1n) is 5.95. The molecule has 1 amide bonds. The number of nitro benzene ring substituents is 1. The van der Waals surface area contributed by atoms with Crippen LogP contribution in [-0.4, -0.2) is 33.4 Å². The first-order chi connectivity index (χ1) is 9.90. The number of benzene rings is 1. The van der Waals surface area contributed by atoms with Crippen LogP contribution in [0.1, 0.15) is 16.2 Å². The van der Waals surface area contributed by atoms with Gasteiger partial charge in [-0.1, -0.05) is 12.1 Å². The number of non-ortho nitro benzene ring substituents is 1. The first kappa shape index (κ1) is 14.4. The highest BCUT2D eigenvalue weighted by atomic mass is 16.6. The van der Waals surface area contributed by atoms with Crippen LogP contribution in [0, 0.1) is 17.0 Å². The molecule has 8 nitrogen and oxygen atoms in total. The van der Waals surface area contributed by atoms with Gasteiger partial charge in [-0.05, 0) is 13.0 Å². The second-order valence-electron chi connectivity index (χ2n) is 4.32. The van der Waals surface area contributed by atoms with E-state index in [2.05, 4.69) is 10.3 Å². The lowest BCUT2D eigenvalue weighted by molar-refractivity contribution is -0.383. The summed E-state index contributed by atoms with van der Waals surface area (Å²) < 4.78 is 0. The van der Waals surface area contributed by atoms with Gasteiger partial charge in [0.05, 0.1) is 10.3 Å². The Balaban J connectivity index is 2.59. The van der Waals surface area contributed by atoms with E-state index in [4.69, 9.17) is 5.11 Å². The number of rotatable bonds is 4. The van der Waals surface area contributed by atoms with Crippen molar-refractivity contribution in [2.75, 3.05) is 6.54 Å². The van der Waals surface area contributed by atoms with Gasteiger partial charge >= 0.3 is 5.97 Å². The average Bonchev–Trinajstić information content (AvgIpc) is 2.42. The number of carboxylic acid groups (broad SMARTS) is 1. The number of hydrogen-bond acceptors (Lipinski definition) is 5. The molecule has 21 heavy (non-hydrogen) atoms. The van der Waals surface area contributed by atoms with Crippen LogP contribution < -0.4 is 5.32 Å². The number of fused-ring (bicyclic) bond motifs is 1. The Morgan fingerprint density at radius 1 is 1.38 bits per heavy atom. The van der Waals surface area contributed by atoms with Gasteiger partial charge in [0, 0.05) is 17.1 Å². The fourth-order valence-electron chi connectivity index (χ4n) is 1.96. The van der Waals surface area contributed by atoms with Crippen LogP contribution in [-0.2, 0) is 4.79 Å². The second-order valence-corrected chi connectivity index (χ2v) is 4.32. The van der Waals surface area contributed by atoms with E-state index in [0.717, 1.165) is 0 Å². The van der Waals surface area contributed by atoms with Gasteiger partial charge in [0.2, 0.25) is 0 Å². The summed E-state index contributed by atoms with van der Waals surface area (Å²) in [5.74, 6) is -1.88. The van der Waals surface area contributed by atoms with Gasteiger partial charge in [-0.15, -0.1) is 0 Å². The summed E-state index contributed by atoms with van der Waals surface area (Å²) in [5, 5.41) is 22.4. The Kier molecular flexibility index (Phi) is 3.79. The third-order valence-electron chi connectivity index (χ3n) is 2.79. The molecule has 1 aromatic heterocycles. The number of nitrogens with one attached hydrogen (secondary N) is 1. The number of carbonyl (C=O) groups is 2. The summed E-state index contributed by atoms with van der Waals surface area (Å²) in [6.07, 6.45) is 0. The van der Waals surface area contributed by atoms with Crippen LogP contribution in [0.2, 0.25) is 0 Å². The predicted octanol–water partition coefficient (Wildman–Crippen LogP) is 1.27. The molecule has 0 aliphatic rings. The Bertz CT molecular complexity index is 757. The lowest BCUT2D eigenvalue weighted by atomic mass is 10.1. The van der Waals surface area contributed by atoms with Gasteiger partial charge in [-0.25, -0.2) is 4.98 Å². The van der Waals surface area contributed by atoms with Crippen molar-refractivity contribution >= 4 is 28.3 Å². The predicted molar refractivity (Wildman–Crippen MR) is 73.1 cm³/mol. The average molecular weight is 289 g/mol. The van der Waals surface area contributed by atoms with Gasteiger partial charge < -0.3 is 10.4 Å². The van der Waals surface area contributed by atoms with E-state index in [1.54, 1.807) is 6.92 Å². The van der Waals surface area contributed by atoms with E-state index >= 15 is 0 Å². The molecule has 108 valence electrons. The van der Waals surface area contributed by atoms with Crippen LogP contribution >= 0.6 is 0 Å². The van der Waals surface area contributed by atoms with Crippen molar-refractivity contribution in [2.24, 2.45) is 0 Å². The molecule has 0 aliphatic carbocycles. The minimum atomic E-state index is -1.19. The quantitative estimate of drug-likeness (QED) is 0.645. The Hall–Kier alpha value is -3.03. The molecule has 2 rings (SSSR count). The highest BCUT2D eigenvalue weighted by Crippen LogP contribution is 2.27. The number of pyridine rings is 1. The number of carboxylic acids is 1. The zero-order valence-corrected chi connectivity index (χ0v) is 11.0. The van der Waals surface area contributed by atoms with Crippen molar-refractivity contribution in [1.82, 2.24) is 10.3 Å². The summed E-state index contributed by atoms with van der Waals surface area (Å²) in [6.45, 7) is 1.05. The molecule has 2 aromatic rings. The molecule has 0 atom stereocenters. The summed E-state index contributed by atoms with van der Waals surface area (Å²) in [6, 6.07) is 5.83. The van der Waals surface area contributed by atoms with E-state index in [0.29, 0.717) is 11.1 Å². The number of nitrogens with zero attached hydrogens (tertiary/aromatic N) is 2. The van der Waals surface area contributed by atoms with Crippen LogP contribution in [0.5, 0.6) is 0 Å². The molecule has 2 N–H and O–H groups in total. The van der Waals surface area contributed by atoms with Crippen molar-refractivity contribution in [3.63, 3.8) is 0 Å². The molecular formula is C13H11N3O5. The number of amides is 1. The molecule has 0 fully saturated rings. The lowest BCUT2D eigenvalue weighted by Crippen LogP contribution is -2.30. The molecule has 0 saturated heterocycles. The fraction of sp³-hybridized carbons (Fsp3) is 0.154. The second kappa shape index (κ2) is 5.53. The maximum atomic E-state index is 12.0. The summed E-state index contributed by atoms with van der Waals surface area (Å²) in [7, 11) is 0. The zero-order valence-electron chi connectivity index (χ0n) is 11.0. The van der Waals surface area contributed by atoms with Crippen LogP contribution in [0.25, 0.3) is 10.8 Å². The maximum absolute atomic E-state index is 12.0. The first-order valence-corrected chi connectivity index (χ1v) is 5.95. The summed E-state index contributed by atoms with van der Waals surface area (Å²) >= 11 is 0. The Morgan fingerprint density at radius 3 is 2.71 bits per heavy atom. The molecular weight excluding hydrogens is 278 g/mol. The van der Waals surface area contributed by atoms with E-state index in [1.807, 2.05) is 0 Å². The molecule has 0 radical (unpaired) electrons. The highest BCUT2D eigenvalue weighted by molar-refractivity contribution is 6.08. The van der Waals surface area contributed by atoms with Crippen LogP contribution in [0.4, 0.5) is 5.69 Å².